The molecule has 0 saturated carbocycles. The van der Waals surface area contributed by atoms with Crippen molar-refractivity contribution in [2.24, 2.45) is 0 Å². The molecule has 0 N–H and O–H groups in total. The average Bonchev–Trinajstić information content (AvgIpc) is 1.56. The number of aromatic nitrogens is 2. The fraction of sp³-hybridized carbons (Fsp3) is 0.0123. The Kier molecular flexibility index (Phi) is 15.4. The van der Waals surface area contributed by atoms with E-state index in [-0.39, 0.29) is 111 Å². The lowest BCUT2D eigenvalue weighted by molar-refractivity contribution is -0.137. The van der Waals surface area contributed by atoms with Crippen molar-refractivity contribution in [2.75, 3.05) is 0 Å². The van der Waals surface area contributed by atoms with Crippen molar-refractivity contribution in [3.05, 3.63) is 259 Å². The summed E-state index contributed by atoms with van der Waals surface area (Å²) in [7, 11) is 0. The zero-order chi connectivity index (χ0) is 70.4. The Labute approximate surface area is 565 Å². The zero-order valence-electron chi connectivity index (χ0n) is 51.0. The van der Waals surface area contributed by atoms with Gasteiger partial charge in [0, 0.05) is 54.9 Å². The molecule has 13 rings (SSSR count). The second kappa shape index (κ2) is 24.6. The van der Waals surface area contributed by atoms with E-state index in [0.717, 1.165) is 12.1 Å². The number of nitrogens with zero attached hydrogens (tertiary/aromatic N) is 16. The molecule has 0 radical (unpaired) electrons. The van der Waals surface area contributed by atoms with Crippen LogP contribution in [-0.4, -0.2) is 9.13 Å². The molecule has 0 spiro atoms. The topological polar surface area (TPSA) is 343 Å². The molecule has 2 aromatic heterocycles. The third-order valence-electron chi connectivity index (χ3n) is 17.4. The van der Waals surface area contributed by atoms with E-state index in [0.29, 0.717) is 88.4 Å². The van der Waals surface area contributed by atoms with Crippen molar-refractivity contribution in [3.8, 4) is 163 Å². The molecular formula is C81H29F3N16. The number of rotatable bonds is 8. The van der Waals surface area contributed by atoms with Crippen LogP contribution in [0.4, 0.5) is 13.2 Å². The summed E-state index contributed by atoms with van der Waals surface area (Å²) in [5.74, 6) is 0. The molecule has 0 unspecified atom stereocenters. The van der Waals surface area contributed by atoms with Gasteiger partial charge in [-0.25, -0.2) is 0 Å². The molecule has 100 heavy (non-hydrogen) atoms. The first-order chi connectivity index (χ1) is 48.5. The van der Waals surface area contributed by atoms with Crippen LogP contribution in [-0.2, 0) is 6.18 Å². The summed E-state index contributed by atoms with van der Waals surface area (Å²) < 4.78 is 47.0. The zero-order valence-corrected chi connectivity index (χ0v) is 51.0. The lowest BCUT2D eigenvalue weighted by Gasteiger charge is -2.20. The maximum Gasteiger partial charge on any atom is 0.416 e. The highest BCUT2D eigenvalue weighted by atomic mass is 19.4. The van der Waals surface area contributed by atoms with Crippen LogP contribution in [0.2, 0.25) is 0 Å². The summed E-state index contributed by atoms with van der Waals surface area (Å²) in [5, 5.41) is 147. The molecule has 13 aromatic rings. The van der Waals surface area contributed by atoms with Crippen molar-refractivity contribution in [3.63, 3.8) is 0 Å². The van der Waals surface area contributed by atoms with Crippen molar-refractivity contribution in [1.29, 1.82) is 73.7 Å². The van der Waals surface area contributed by atoms with Gasteiger partial charge in [0.25, 0.3) is 0 Å². The van der Waals surface area contributed by atoms with Gasteiger partial charge in [0.15, 0.2) is 0 Å². The van der Waals surface area contributed by atoms with Crippen molar-refractivity contribution in [2.45, 2.75) is 6.18 Å². The number of nitriles is 14. The molecule has 0 atom stereocenters. The van der Waals surface area contributed by atoms with E-state index in [1.165, 1.54) is 54.6 Å². The van der Waals surface area contributed by atoms with Gasteiger partial charge < -0.3 is 9.13 Å². The molecule has 0 aliphatic rings. The van der Waals surface area contributed by atoms with Crippen LogP contribution in [0.1, 0.15) is 83.5 Å². The third-order valence-corrected chi connectivity index (χ3v) is 17.4. The van der Waals surface area contributed by atoms with Crippen molar-refractivity contribution >= 4 is 43.6 Å². The van der Waals surface area contributed by atoms with Gasteiger partial charge in [-0.2, -0.15) is 86.8 Å². The highest BCUT2D eigenvalue weighted by molar-refractivity contribution is 6.15. The predicted molar refractivity (Wildman–Crippen MR) is 359 cm³/mol. The van der Waals surface area contributed by atoms with E-state index in [1.807, 2.05) is 39.5 Å². The monoisotopic (exact) mass is 1280 g/mol. The summed E-state index contributed by atoms with van der Waals surface area (Å²) in [4.78, 5) is 0. The standard InChI is InChI=1S/C81H29F3N16/c82-81(83,84)63-7-10-64(54(24-63)35-90)49-2-9-66(76(29-49)100-73-13-5-52(79-59(40-95)19-47(33-88)20-60(79)41-96)27-69(73)70-28-53(6-14-74(70)100)80-61(42-97)21-48(34-89)22-62(80)43-98)65-8-1-44(30-85)23-75(65)99-71-11-3-50(77-55(36-91)15-45(31-86)16-56(77)37-92)25-67(71)68-26-51(4-12-72(68)99)78-57(38-93)17-46(32-87)18-58(78)39-94/h1-29H. The summed E-state index contributed by atoms with van der Waals surface area (Å²) in [5.41, 5.74) is 4.96. The van der Waals surface area contributed by atoms with E-state index in [1.54, 1.807) is 109 Å². The molecule has 19 heteroatoms. The average molecular weight is 1280 g/mol. The maximum absolute atomic E-state index is 14.4. The molecule has 0 bridgehead atoms. The van der Waals surface area contributed by atoms with Crippen LogP contribution in [0.3, 0.4) is 0 Å². The number of fused-ring (bicyclic) bond motifs is 6. The number of alkyl halides is 3. The minimum absolute atomic E-state index is 0.00106. The van der Waals surface area contributed by atoms with Gasteiger partial charge in [-0.05, 0) is 161 Å². The first-order valence-electron chi connectivity index (χ1n) is 29.6. The lowest BCUT2D eigenvalue weighted by atomic mass is 9.91. The van der Waals surface area contributed by atoms with Crippen molar-refractivity contribution in [1.82, 2.24) is 9.13 Å². The molecule has 454 valence electrons. The molecule has 0 aliphatic carbocycles. The highest BCUT2D eigenvalue weighted by Gasteiger charge is 2.32. The third kappa shape index (κ3) is 10.2. The van der Waals surface area contributed by atoms with E-state index < -0.39 is 11.7 Å². The summed E-state index contributed by atoms with van der Waals surface area (Å²) in [6.07, 6.45) is -4.83. The highest BCUT2D eigenvalue weighted by Crippen LogP contribution is 2.47. The summed E-state index contributed by atoms with van der Waals surface area (Å²) in [6.45, 7) is 0. The molecule has 16 nitrogen and oxygen atoms in total. The minimum atomic E-state index is -4.83. The van der Waals surface area contributed by atoms with E-state index >= 15 is 0 Å². The number of halogens is 3. The normalized spacial score (nSPS) is 10.6. The second-order valence-electron chi connectivity index (χ2n) is 22.7. The quantitative estimate of drug-likeness (QED) is 0.136. The Morgan fingerprint density at radius 3 is 0.780 bits per heavy atom. The molecule has 0 aliphatic heterocycles. The summed E-state index contributed by atoms with van der Waals surface area (Å²) in [6, 6.07) is 73.4. The van der Waals surface area contributed by atoms with Gasteiger partial charge in [0.2, 0.25) is 0 Å². The van der Waals surface area contributed by atoms with Gasteiger partial charge >= 0.3 is 6.18 Å². The van der Waals surface area contributed by atoms with Gasteiger partial charge in [-0.3, -0.25) is 0 Å². The van der Waals surface area contributed by atoms with Crippen LogP contribution in [0.15, 0.2) is 176 Å². The van der Waals surface area contributed by atoms with Crippen LogP contribution in [0.25, 0.3) is 122 Å². The fourth-order valence-electron chi connectivity index (χ4n) is 13.2. The Morgan fingerprint density at radius 1 is 0.230 bits per heavy atom. The van der Waals surface area contributed by atoms with Gasteiger partial charge in [-0.15, -0.1) is 0 Å². The van der Waals surface area contributed by atoms with E-state index in [9.17, 15) is 86.8 Å². The Hall–Kier alpha value is -16.3. The van der Waals surface area contributed by atoms with Crippen LogP contribution in [0.5, 0.6) is 0 Å². The summed E-state index contributed by atoms with van der Waals surface area (Å²) >= 11 is 0. The molecule has 11 aromatic carbocycles. The smallest absolute Gasteiger partial charge is 0.309 e. The van der Waals surface area contributed by atoms with E-state index in [4.69, 9.17) is 0 Å². The first-order valence-corrected chi connectivity index (χ1v) is 29.6. The van der Waals surface area contributed by atoms with Crippen molar-refractivity contribution < 1.29 is 13.2 Å². The van der Waals surface area contributed by atoms with Crippen LogP contribution < -0.4 is 0 Å². The Bertz CT molecular complexity index is 6150. The molecule has 2 heterocycles. The predicted octanol–water partition coefficient (Wildman–Crippen LogP) is 17.1. The Balaban J connectivity index is 1.17. The molecule has 0 fully saturated rings. The minimum Gasteiger partial charge on any atom is -0.309 e. The first kappa shape index (κ1) is 62.5. The van der Waals surface area contributed by atoms with Gasteiger partial charge in [-0.1, -0.05) is 48.5 Å². The number of hydrogen-bond donors (Lipinski definition) is 0. The molecule has 0 saturated heterocycles. The second-order valence-corrected chi connectivity index (χ2v) is 22.7. The molecule has 0 amide bonds. The maximum atomic E-state index is 14.4. The fourth-order valence-corrected chi connectivity index (χ4v) is 13.2. The van der Waals surface area contributed by atoms with Gasteiger partial charge in [0.1, 0.15) is 0 Å². The number of hydrogen-bond acceptors (Lipinski definition) is 14. The van der Waals surface area contributed by atoms with Crippen LogP contribution >= 0.6 is 0 Å². The largest absolute Gasteiger partial charge is 0.416 e. The molecular weight excluding hydrogens is 1250 g/mol. The van der Waals surface area contributed by atoms with Gasteiger partial charge in [0.05, 0.1) is 202 Å². The SMILES string of the molecule is N#Cc1cc(C#N)c(-c2ccc3c(c2)c2cc(-c4c(C#N)cc(C#N)cc4C#N)ccc2n3-c2cc(C#N)ccc2-c2ccc(-c3ccc(C(F)(F)F)cc3C#N)cc2-n2c3ccc(-c4c(C#N)cc(C#N)cc4C#N)cc3c3cc(-c4c(C#N)cc(C#N)cc4C#N)ccc32)c(C#N)c1. The lowest BCUT2D eigenvalue weighted by Crippen LogP contribution is -2.05. The number of benzene rings is 11. The Morgan fingerprint density at radius 2 is 0.500 bits per heavy atom. The van der Waals surface area contributed by atoms with Crippen LogP contribution in [0, 0.1) is 159 Å². The van der Waals surface area contributed by atoms with E-state index in [2.05, 4.69) is 54.6 Å².